The summed E-state index contributed by atoms with van der Waals surface area (Å²) in [6.07, 6.45) is 1.82. The Morgan fingerprint density at radius 2 is 2.04 bits per heavy atom. The third-order valence-electron chi connectivity index (χ3n) is 4.55. The Morgan fingerprint density at radius 1 is 1.28 bits per heavy atom. The van der Waals surface area contributed by atoms with E-state index in [9.17, 15) is 4.79 Å². The molecule has 1 fully saturated rings. The van der Waals surface area contributed by atoms with Gasteiger partial charge in [0.05, 0.1) is 0 Å². The first-order chi connectivity index (χ1) is 12.0. The summed E-state index contributed by atoms with van der Waals surface area (Å²) in [6.45, 7) is 9.49. The number of aromatic nitrogens is 1. The molecule has 1 aliphatic rings. The van der Waals surface area contributed by atoms with Crippen LogP contribution >= 0.6 is 11.3 Å². The minimum Gasteiger partial charge on any atom is -0.483 e. The molecule has 0 spiro atoms. The molecule has 2 heterocycles. The van der Waals surface area contributed by atoms with Crippen LogP contribution in [0.2, 0.25) is 0 Å². The van der Waals surface area contributed by atoms with Gasteiger partial charge in [0.1, 0.15) is 5.75 Å². The molecule has 2 aromatic rings. The molecule has 0 aliphatic carbocycles. The van der Waals surface area contributed by atoms with Gasteiger partial charge in [0.25, 0.3) is 5.91 Å². The van der Waals surface area contributed by atoms with E-state index in [0.717, 1.165) is 29.5 Å². The summed E-state index contributed by atoms with van der Waals surface area (Å²) in [6, 6.07) is 6.22. The van der Waals surface area contributed by atoms with Crippen molar-refractivity contribution in [3.05, 3.63) is 40.9 Å². The summed E-state index contributed by atoms with van der Waals surface area (Å²) in [5, 5.41) is 3.01. The maximum Gasteiger partial charge on any atom is 0.260 e. The van der Waals surface area contributed by atoms with Crippen molar-refractivity contribution in [3.8, 4) is 5.75 Å². The minimum absolute atomic E-state index is 0.0492. The van der Waals surface area contributed by atoms with E-state index in [4.69, 9.17) is 4.74 Å². The Hall–Kier alpha value is -2.08. The number of hydrogen-bond acceptors (Lipinski definition) is 5. The summed E-state index contributed by atoms with van der Waals surface area (Å²) in [5.41, 5.74) is 2.29. The van der Waals surface area contributed by atoms with Crippen molar-refractivity contribution in [1.29, 1.82) is 0 Å². The first-order valence-electron chi connectivity index (χ1n) is 8.70. The normalized spacial score (nSPS) is 14.9. The number of ether oxygens (including phenoxy) is 1. The van der Waals surface area contributed by atoms with Gasteiger partial charge in [0.2, 0.25) is 0 Å². The molecule has 1 aromatic heterocycles. The Morgan fingerprint density at radius 3 is 2.68 bits per heavy atom. The summed E-state index contributed by atoms with van der Waals surface area (Å²) in [4.78, 5) is 20.9. The zero-order valence-corrected chi connectivity index (χ0v) is 15.9. The van der Waals surface area contributed by atoms with Gasteiger partial charge in [-0.2, -0.15) is 0 Å². The van der Waals surface area contributed by atoms with Gasteiger partial charge < -0.3 is 14.5 Å². The smallest absolute Gasteiger partial charge is 0.260 e. The highest BCUT2D eigenvalue weighted by molar-refractivity contribution is 7.13. The van der Waals surface area contributed by atoms with Crippen LogP contribution in [0.5, 0.6) is 5.75 Å². The molecule has 0 bridgehead atoms. The molecule has 0 atom stereocenters. The Labute approximate surface area is 153 Å². The molecule has 0 saturated carbocycles. The van der Waals surface area contributed by atoms with Crippen LogP contribution in [0.4, 0.5) is 5.13 Å². The molecule has 6 heteroatoms. The van der Waals surface area contributed by atoms with E-state index in [-0.39, 0.29) is 12.5 Å². The van der Waals surface area contributed by atoms with Crippen LogP contribution in [0.1, 0.15) is 30.9 Å². The summed E-state index contributed by atoms with van der Waals surface area (Å²) < 4.78 is 5.83. The van der Waals surface area contributed by atoms with Gasteiger partial charge in [0, 0.05) is 37.8 Å². The fraction of sp³-hybridized carbons (Fsp3) is 0.474. The van der Waals surface area contributed by atoms with Crippen LogP contribution in [0.15, 0.2) is 29.8 Å². The SMILES string of the molecule is Cc1ccc(C(C)C)cc1OCC(=O)N1CCN(c2nccs2)CC1. The molecular weight excluding hydrogens is 334 g/mol. The highest BCUT2D eigenvalue weighted by atomic mass is 32.1. The molecule has 1 aliphatic heterocycles. The molecule has 0 unspecified atom stereocenters. The quantitative estimate of drug-likeness (QED) is 0.822. The third-order valence-corrected chi connectivity index (χ3v) is 5.38. The van der Waals surface area contributed by atoms with Crippen molar-refractivity contribution >= 4 is 22.4 Å². The van der Waals surface area contributed by atoms with E-state index in [0.29, 0.717) is 19.0 Å². The zero-order chi connectivity index (χ0) is 17.8. The van der Waals surface area contributed by atoms with Crippen LogP contribution in [0.3, 0.4) is 0 Å². The Kier molecular flexibility index (Phi) is 5.58. The van der Waals surface area contributed by atoms with Crippen LogP contribution in [-0.4, -0.2) is 48.6 Å². The summed E-state index contributed by atoms with van der Waals surface area (Å²) >= 11 is 1.64. The number of aryl methyl sites for hydroxylation is 1. The van der Waals surface area contributed by atoms with E-state index in [1.165, 1.54) is 5.56 Å². The Balaban J connectivity index is 1.53. The third kappa shape index (κ3) is 4.31. The number of amides is 1. The van der Waals surface area contributed by atoms with Crippen molar-refractivity contribution < 1.29 is 9.53 Å². The van der Waals surface area contributed by atoms with Crippen LogP contribution in [0, 0.1) is 6.92 Å². The van der Waals surface area contributed by atoms with Crippen molar-refractivity contribution in [2.45, 2.75) is 26.7 Å². The standard InChI is InChI=1S/C19H25N3O2S/c1-14(2)16-5-4-15(3)17(12-16)24-13-18(23)21-7-9-22(10-8-21)19-20-6-11-25-19/h4-6,11-12,14H,7-10,13H2,1-3H3. The van der Waals surface area contributed by atoms with Crippen molar-refractivity contribution in [2.24, 2.45) is 0 Å². The van der Waals surface area contributed by atoms with Crippen LogP contribution in [-0.2, 0) is 4.79 Å². The first-order valence-corrected chi connectivity index (χ1v) is 9.58. The molecule has 3 rings (SSSR count). The van der Waals surface area contributed by atoms with E-state index < -0.39 is 0 Å². The number of carbonyl (C=O) groups is 1. The average Bonchev–Trinajstić information content (AvgIpc) is 3.15. The fourth-order valence-corrected chi connectivity index (χ4v) is 3.58. The van der Waals surface area contributed by atoms with Gasteiger partial charge in [-0.25, -0.2) is 4.98 Å². The maximum atomic E-state index is 12.5. The number of thiazole rings is 1. The molecule has 5 nitrogen and oxygen atoms in total. The van der Waals surface area contributed by atoms with Gasteiger partial charge in [-0.15, -0.1) is 11.3 Å². The minimum atomic E-state index is 0.0492. The summed E-state index contributed by atoms with van der Waals surface area (Å²) in [5.74, 6) is 1.30. The molecule has 25 heavy (non-hydrogen) atoms. The summed E-state index contributed by atoms with van der Waals surface area (Å²) in [7, 11) is 0. The van der Waals surface area contributed by atoms with Crippen molar-refractivity contribution in [1.82, 2.24) is 9.88 Å². The number of anilines is 1. The molecule has 1 saturated heterocycles. The number of carbonyl (C=O) groups excluding carboxylic acids is 1. The molecule has 134 valence electrons. The maximum absolute atomic E-state index is 12.5. The van der Waals surface area contributed by atoms with Gasteiger partial charge >= 0.3 is 0 Å². The van der Waals surface area contributed by atoms with Gasteiger partial charge in [-0.3, -0.25) is 4.79 Å². The van der Waals surface area contributed by atoms with Crippen molar-refractivity contribution in [2.75, 3.05) is 37.7 Å². The van der Waals surface area contributed by atoms with E-state index in [2.05, 4.69) is 35.9 Å². The van der Waals surface area contributed by atoms with Crippen LogP contribution in [0.25, 0.3) is 0 Å². The van der Waals surface area contributed by atoms with Crippen LogP contribution < -0.4 is 9.64 Å². The van der Waals surface area contributed by atoms with E-state index in [1.807, 2.05) is 29.5 Å². The molecule has 1 amide bonds. The second kappa shape index (κ2) is 7.87. The molecule has 1 aromatic carbocycles. The van der Waals surface area contributed by atoms with E-state index >= 15 is 0 Å². The molecular formula is C19H25N3O2S. The van der Waals surface area contributed by atoms with Gasteiger partial charge in [0.15, 0.2) is 11.7 Å². The van der Waals surface area contributed by atoms with Gasteiger partial charge in [-0.05, 0) is 30.0 Å². The number of hydrogen-bond donors (Lipinski definition) is 0. The number of benzene rings is 1. The lowest BCUT2D eigenvalue weighted by Gasteiger charge is -2.34. The predicted molar refractivity (Wildman–Crippen MR) is 102 cm³/mol. The lowest BCUT2D eigenvalue weighted by Crippen LogP contribution is -2.50. The second-order valence-corrected chi connectivity index (χ2v) is 7.52. The number of nitrogens with zero attached hydrogens (tertiary/aromatic N) is 3. The highest BCUT2D eigenvalue weighted by Crippen LogP contribution is 2.24. The largest absolute Gasteiger partial charge is 0.483 e. The lowest BCUT2D eigenvalue weighted by atomic mass is 10.0. The second-order valence-electron chi connectivity index (χ2n) is 6.65. The predicted octanol–water partition coefficient (Wildman–Crippen LogP) is 3.30. The molecule has 0 radical (unpaired) electrons. The van der Waals surface area contributed by atoms with E-state index in [1.54, 1.807) is 11.3 Å². The number of rotatable bonds is 5. The molecule has 0 N–H and O–H groups in total. The lowest BCUT2D eigenvalue weighted by molar-refractivity contribution is -0.133. The van der Waals surface area contributed by atoms with Crippen molar-refractivity contribution in [3.63, 3.8) is 0 Å². The first kappa shape index (κ1) is 17.7. The average molecular weight is 359 g/mol. The topological polar surface area (TPSA) is 45.7 Å². The van der Waals surface area contributed by atoms with Gasteiger partial charge in [-0.1, -0.05) is 26.0 Å². The highest BCUT2D eigenvalue weighted by Gasteiger charge is 2.22. The Bertz CT molecular complexity index is 707. The fourth-order valence-electron chi connectivity index (χ4n) is 2.88. The number of piperazine rings is 1. The zero-order valence-electron chi connectivity index (χ0n) is 15.1. The monoisotopic (exact) mass is 359 g/mol.